The van der Waals surface area contributed by atoms with Gasteiger partial charge in [-0.1, -0.05) is 74.5 Å². The number of fused-ring (bicyclic) bond motifs is 2. The van der Waals surface area contributed by atoms with E-state index in [9.17, 15) is 4.79 Å². The Morgan fingerprint density at radius 3 is 2.25 bits per heavy atom. The highest BCUT2D eigenvalue weighted by atomic mass is 16.1. The summed E-state index contributed by atoms with van der Waals surface area (Å²) >= 11 is 0. The fraction of sp³-hybridized carbons (Fsp3) is 0.278. The van der Waals surface area contributed by atoms with E-state index in [0.29, 0.717) is 0 Å². The SMILES string of the molecule is C/C=C\c1c(C)[nH]c(=O)n1C1CCN(Cc2ccc(-c3nc4cc5cn[nH]c5cc4nc3-c3ccccc3)cc2)CC1.CC. The van der Waals surface area contributed by atoms with E-state index in [1.165, 1.54) is 5.56 Å². The van der Waals surface area contributed by atoms with Crippen LogP contribution < -0.4 is 5.69 Å². The minimum atomic E-state index is -0.00418. The van der Waals surface area contributed by atoms with Gasteiger partial charge in [-0.25, -0.2) is 14.8 Å². The monoisotopic (exact) mass is 585 g/mol. The van der Waals surface area contributed by atoms with Crippen molar-refractivity contribution in [3.63, 3.8) is 0 Å². The van der Waals surface area contributed by atoms with E-state index >= 15 is 0 Å². The topological polar surface area (TPSA) is 95.5 Å². The van der Waals surface area contributed by atoms with Crippen molar-refractivity contribution in [3.05, 3.63) is 106 Å². The zero-order chi connectivity index (χ0) is 30.6. The fourth-order valence-corrected chi connectivity index (χ4v) is 6.15. The number of aromatic nitrogens is 6. The van der Waals surface area contributed by atoms with Gasteiger partial charge in [0.15, 0.2) is 0 Å². The number of aryl methyl sites for hydroxylation is 1. The number of H-pyrrole nitrogens is 2. The smallest absolute Gasteiger partial charge is 0.310 e. The van der Waals surface area contributed by atoms with Crippen LogP contribution in [0, 0.1) is 6.92 Å². The summed E-state index contributed by atoms with van der Waals surface area (Å²) in [5, 5.41) is 8.23. The lowest BCUT2D eigenvalue weighted by molar-refractivity contribution is 0.177. The lowest BCUT2D eigenvalue weighted by atomic mass is 10.0. The molecule has 8 heteroatoms. The number of hydrogen-bond donors (Lipinski definition) is 2. The first kappa shape index (κ1) is 29.3. The van der Waals surface area contributed by atoms with E-state index in [0.717, 1.165) is 88.3 Å². The average molecular weight is 586 g/mol. The Kier molecular flexibility index (Phi) is 8.52. The molecule has 2 N–H and O–H groups in total. The normalized spacial score (nSPS) is 14.4. The summed E-state index contributed by atoms with van der Waals surface area (Å²) in [7, 11) is 0. The number of allylic oxidation sites excluding steroid dienone is 1. The molecule has 1 saturated heterocycles. The summed E-state index contributed by atoms with van der Waals surface area (Å²) in [4.78, 5) is 28.3. The van der Waals surface area contributed by atoms with Gasteiger partial charge in [-0.2, -0.15) is 5.10 Å². The number of benzene rings is 3. The second-order valence-corrected chi connectivity index (χ2v) is 11.1. The van der Waals surface area contributed by atoms with Crippen LogP contribution in [0.4, 0.5) is 0 Å². The number of hydrogen-bond acceptors (Lipinski definition) is 5. The van der Waals surface area contributed by atoms with Crippen LogP contribution in [0.2, 0.25) is 0 Å². The molecule has 7 rings (SSSR count). The first-order chi connectivity index (χ1) is 21.6. The summed E-state index contributed by atoms with van der Waals surface area (Å²) in [5.74, 6) is 0. The van der Waals surface area contributed by atoms with E-state index in [1.807, 2.05) is 80.9 Å². The molecule has 3 aromatic heterocycles. The Morgan fingerprint density at radius 2 is 1.57 bits per heavy atom. The summed E-state index contributed by atoms with van der Waals surface area (Å²) in [6.45, 7) is 10.7. The molecule has 0 spiro atoms. The van der Waals surface area contributed by atoms with Gasteiger partial charge in [-0.15, -0.1) is 0 Å². The van der Waals surface area contributed by atoms with Crippen LogP contribution in [-0.2, 0) is 6.54 Å². The van der Waals surface area contributed by atoms with Gasteiger partial charge >= 0.3 is 5.69 Å². The first-order valence-electron chi connectivity index (χ1n) is 15.5. The minimum absolute atomic E-state index is 0.00418. The van der Waals surface area contributed by atoms with Gasteiger partial charge in [-0.05, 0) is 50.5 Å². The number of nitrogens with one attached hydrogen (secondary N) is 2. The van der Waals surface area contributed by atoms with Gasteiger partial charge in [0.05, 0.1) is 39.8 Å². The third kappa shape index (κ3) is 5.73. The van der Waals surface area contributed by atoms with Gasteiger partial charge in [0.2, 0.25) is 0 Å². The zero-order valence-electron chi connectivity index (χ0n) is 25.8. The number of imidazole rings is 1. The van der Waals surface area contributed by atoms with E-state index < -0.39 is 0 Å². The fourth-order valence-electron chi connectivity index (χ4n) is 6.15. The van der Waals surface area contributed by atoms with Crippen molar-refractivity contribution in [2.75, 3.05) is 13.1 Å². The molecule has 1 aliphatic rings. The van der Waals surface area contributed by atoms with Crippen molar-refractivity contribution in [1.29, 1.82) is 0 Å². The molecule has 1 fully saturated rings. The summed E-state index contributed by atoms with van der Waals surface area (Å²) in [6.07, 6.45) is 7.75. The van der Waals surface area contributed by atoms with Crippen LogP contribution in [0.25, 0.3) is 50.5 Å². The third-order valence-electron chi connectivity index (χ3n) is 8.31. The first-order valence-corrected chi connectivity index (χ1v) is 15.5. The molecule has 0 saturated carbocycles. The van der Waals surface area contributed by atoms with Crippen molar-refractivity contribution in [3.8, 4) is 22.5 Å². The number of nitrogens with zero attached hydrogens (tertiary/aromatic N) is 5. The molecular formula is C36H39N7O. The number of aromatic amines is 2. The predicted molar refractivity (Wildman–Crippen MR) is 179 cm³/mol. The molecule has 0 bridgehead atoms. The molecule has 0 unspecified atom stereocenters. The predicted octanol–water partition coefficient (Wildman–Crippen LogP) is 7.53. The van der Waals surface area contributed by atoms with Crippen LogP contribution >= 0.6 is 0 Å². The number of piperidine rings is 1. The van der Waals surface area contributed by atoms with E-state index in [2.05, 4.69) is 56.5 Å². The van der Waals surface area contributed by atoms with Crippen molar-refractivity contribution >= 4 is 28.0 Å². The Morgan fingerprint density at radius 1 is 0.909 bits per heavy atom. The summed E-state index contributed by atoms with van der Waals surface area (Å²) < 4.78 is 1.95. The molecule has 0 amide bonds. The largest absolute Gasteiger partial charge is 0.326 e. The van der Waals surface area contributed by atoms with E-state index in [1.54, 1.807) is 0 Å². The number of rotatable bonds is 6. The highest BCUT2D eigenvalue weighted by Crippen LogP contribution is 2.32. The molecule has 6 aromatic rings. The van der Waals surface area contributed by atoms with Crippen molar-refractivity contribution in [2.24, 2.45) is 0 Å². The van der Waals surface area contributed by atoms with Crippen molar-refractivity contribution in [2.45, 2.75) is 53.1 Å². The Balaban J connectivity index is 0.00000168. The second-order valence-electron chi connectivity index (χ2n) is 11.1. The highest BCUT2D eigenvalue weighted by molar-refractivity contribution is 5.95. The maximum Gasteiger partial charge on any atom is 0.326 e. The Hall–Kier alpha value is -4.82. The lowest BCUT2D eigenvalue weighted by Gasteiger charge is -2.32. The van der Waals surface area contributed by atoms with Crippen molar-refractivity contribution < 1.29 is 0 Å². The molecule has 44 heavy (non-hydrogen) atoms. The van der Waals surface area contributed by atoms with Crippen LogP contribution in [-0.4, -0.2) is 47.7 Å². The molecule has 8 nitrogen and oxygen atoms in total. The van der Waals surface area contributed by atoms with Gasteiger partial charge in [0.25, 0.3) is 0 Å². The van der Waals surface area contributed by atoms with Crippen LogP contribution in [0.3, 0.4) is 0 Å². The molecule has 0 aliphatic carbocycles. The Bertz CT molecular complexity index is 1960. The maximum absolute atomic E-state index is 12.6. The molecule has 0 radical (unpaired) electrons. The number of likely N-dealkylation sites (tertiary alicyclic amines) is 1. The second kappa shape index (κ2) is 12.8. The molecule has 224 valence electrons. The van der Waals surface area contributed by atoms with Crippen LogP contribution in [0.1, 0.15) is 56.6 Å². The van der Waals surface area contributed by atoms with E-state index in [-0.39, 0.29) is 11.7 Å². The standard InChI is InChI=1S/C34H33N7O.C2H6/c1-3-7-31-22(2)36-34(42)41(31)27-14-16-40(17-15-27)21-23-10-12-25(13-11-23)33-32(24-8-5-4-6-9-24)38-30-19-28-26(20-35-39-28)18-29(30)37-33;1-2/h3-13,18-20,27H,14-17,21H2,1-2H3,(H,35,39)(H,36,42);1-2H3/b7-3-;. The lowest BCUT2D eigenvalue weighted by Crippen LogP contribution is -2.37. The van der Waals surface area contributed by atoms with Crippen LogP contribution in [0.15, 0.2) is 83.8 Å². The van der Waals surface area contributed by atoms with Gasteiger partial charge in [-0.3, -0.25) is 14.6 Å². The average Bonchev–Trinajstić information content (AvgIpc) is 3.63. The highest BCUT2D eigenvalue weighted by Gasteiger charge is 2.24. The molecule has 3 aromatic carbocycles. The molecule has 0 atom stereocenters. The van der Waals surface area contributed by atoms with Crippen LogP contribution in [0.5, 0.6) is 0 Å². The van der Waals surface area contributed by atoms with Gasteiger partial charge in [0.1, 0.15) is 0 Å². The van der Waals surface area contributed by atoms with Gasteiger partial charge < -0.3 is 4.98 Å². The van der Waals surface area contributed by atoms with Gasteiger partial charge in [0, 0.05) is 47.9 Å². The molecular weight excluding hydrogens is 546 g/mol. The summed E-state index contributed by atoms with van der Waals surface area (Å²) in [5.41, 5.74) is 9.63. The van der Waals surface area contributed by atoms with E-state index in [4.69, 9.17) is 9.97 Å². The zero-order valence-corrected chi connectivity index (χ0v) is 25.8. The minimum Gasteiger partial charge on any atom is -0.310 e. The summed E-state index contributed by atoms with van der Waals surface area (Å²) in [6, 6.07) is 23.2. The third-order valence-corrected chi connectivity index (χ3v) is 8.31. The maximum atomic E-state index is 12.6. The molecule has 4 heterocycles. The quantitative estimate of drug-likeness (QED) is 0.211. The van der Waals surface area contributed by atoms with Crippen molar-refractivity contribution in [1.82, 2.24) is 34.6 Å². The molecule has 1 aliphatic heterocycles. The Labute approximate surface area is 257 Å².